The highest BCUT2D eigenvalue weighted by atomic mass is 35.5. The molecule has 5 heteroatoms. The van der Waals surface area contributed by atoms with Crippen molar-refractivity contribution < 1.29 is 9.15 Å². The first kappa shape index (κ1) is 13.9. The molecule has 0 spiro atoms. The third-order valence-electron chi connectivity index (χ3n) is 2.64. The number of nitrogens with zero attached hydrogens (tertiary/aromatic N) is 2. The molecule has 0 aromatic carbocycles. The summed E-state index contributed by atoms with van der Waals surface area (Å²) < 4.78 is 10.9. The zero-order chi connectivity index (χ0) is 14.0. The number of rotatable bonds is 3. The lowest BCUT2D eigenvalue weighted by atomic mass is 9.96. The minimum Gasteiger partial charge on any atom is -0.469 e. The summed E-state index contributed by atoms with van der Waals surface area (Å²) in [5, 5.41) is 0.425. The molecule has 2 aromatic heterocycles. The van der Waals surface area contributed by atoms with E-state index in [1.54, 1.807) is 6.26 Å². The normalized spacial score (nSPS) is 11.6. The zero-order valence-corrected chi connectivity index (χ0v) is 12.3. The van der Waals surface area contributed by atoms with Crippen molar-refractivity contribution in [3.05, 3.63) is 40.7 Å². The van der Waals surface area contributed by atoms with Crippen molar-refractivity contribution in [3.63, 3.8) is 0 Å². The van der Waals surface area contributed by atoms with Gasteiger partial charge in [-0.3, -0.25) is 0 Å². The first-order valence-corrected chi connectivity index (χ1v) is 6.45. The Balaban J connectivity index is 2.26. The van der Waals surface area contributed by atoms with Crippen LogP contribution in [0.4, 0.5) is 0 Å². The van der Waals surface area contributed by atoms with E-state index in [1.165, 1.54) is 0 Å². The van der Waals surface area contributed by atoms with Gasteiger partial charge in [0.2, 0.25) is 5.88 Å². The first-order chi connectivity index (χ1) is 8.88. The monoisotopic (exact) mass is 280 g/mol. The van der Waals surface area contributed by atoms with E-state index < -0.39 is 0 Å². The topological polar surface area (TPSA) is 48.2 Å². The minimum atomic E-state index is -0.180. The summed E-state index contributed by atoms with van der Waals surface area (Å²) in [6.45, 7) is 8.26. The van der Waals surface area contributed by atoms with Gasteiger partial charge in [0.05, 0.1) is 6.26 Å². The average Bonchev–Trinajstić information content (AvgIpc) is 2.82. The van der Waals surface area contributed by atoms with Crippen molar-refractivity contribution in [2.45, 2.75) is 39.7 Å². The van der Waals surface area contributed by atoms with E-state index in [2.05, 4.69) is 9.97 Å². The molecule has 4 nitrogen and oxygen atoms in total. The molecule has 19 heavy (non-hydrogen) atoms. The number of furan rings is 1. The van der Waals surface area contributed by atoms with Crippen molar-refractivity contribution in [1.82, 2.24) is 9.97 Å². The van der Waals surface area contributed by atoms with Crippen molar-refractivity contribution in [2.24, 2.45) is 0 Å². The largest absolute Gasteiger partial charge is 0.469 e. The van der Waals surface area contributed by atoms with Gasteiger partial charge in [0.25, 0.3) is 0 Å². The van der Waals surface area contributed by atoms with Gasteiger partial charge in [0.15, 0.2) is 0 Å². The Hall–Kier alpha value is -1.55. The Morgan fingerprint density at radius 1 is 1.32 bits per heavy atom. The quantitative estimate of drug-likeness (QED) is 0.800. The Morgan fingerprint density at radius 2 is 2.05 bits per heavy atom. The highest BCUT2D eigenvalue weighted by Crippen LogP contribution is 2.27. The van der Waals surface area contributed by atoms with Crippen molar-refractivity contribution in [2.75, 3.05) is 0 Å². The van der Waals surface area contributed by atoms with Gasteiger partial charge < -0.3 is 9.15 Å². The first-order valence-electron chi connectivity index (χ1n) is 6.07. The number of aromatic nitrogens is 2. The molecule has 102 valence electrons. The van der Waals surface area contributed by atoms with Gasteiger partial charge in [-0.15, -0.1) is 0 Å². The van der Waals surface area contributed by atoms with E-state index in [1.807, 2.05) is 39.8 Å². The molecule has 0 aliphatic rings. The zero-order valence-electron chi connectivity index (χ0n) is 11.5. The molecule has 0 radical (unpaired) electrons. The molecule has 0 amide bonds. The van der Waals surface area contributed by atoms with Crippen LogP contribution < -0.4 is 4.74 Å². The lowest BCUT2D eigenvalue weighted by Crippen LogP contribution is -2.17. The number of ether oxygens (including phenoxy) is 1. The predicted molar refractivity (Wildman–Crippen MR) is 73.5 cm³/mol. The van der Waals surface area contributed by atoms with Crippen molar-refractivity contribution in [1.29, 1.82) is 0 Å². The minimum absolute atomic E-state index is 0.180. The Bertz CT molecular complexity index is 560. The number of hydrogen-bond acceptors (Lipinski definition) is 4. The van der Waals surface area contributed by atoms with Crippen LogP contribution in [0, 0.1) is 6.92 Å². The van der Waals surface area contributed by atoms with Crippen molar-refractivity contribution in [3.8, 4) is 5.88 Å². The molecule has 0 N–H and O–H groups in total. The summed E-state index contributed by atoms with van der Waals surface area (Å²) in [4.78, 5) is 8.74. The summed E-state index contributed by atoms with van der Waals surface area (Å²) in [5.41, 5.74) is 0.557. The summed E-state index contributed by atoms with van der Waals surface area (Å²) in [5.74, 6) is 1.91. The molecule has 0 bridgehead atoms. The molecule has 0 aliphatic carbocycles. The van der Waals surface area contributed by atoms with E-state index in [4.69, 9.17) is 20.8 Å². The van der Waals surface area contributed by atoms with Crippen LogP contribution >= 0.6 is 11.6 Å². The Kier molecular flexibility index (Phi) is 3.80. The van der Waals surface area contributed by atoms with Gasteiger partial charge in [-0.1, -0.05) is 32.4 Å². The molecular formula is C14H17ClN2O2. The third-order valence-corrected chi connectivity index (χ3v) is 3.01. The maximum atomic E-state index is 6.13. The molecule has 0 aliphatic heterocycles. The van der Waals surface area contributed by atoms with Gasteiger partial charge in [-0.05, 0) is 19.1 Å². The maximum Gasteiger partial charge on any atom is 0.221 e. The van der Waals surface area contributed by atoms with Crippen molar-refractivity contribution >= 4 is 11.6 Å². The highest BCUT2D eigenvalue weighted by Gasteiger charge is 2.21. The van der Waals surface area contributed by atoms with Gasteiger partial charge in [-0.25, -0.2) is 4.98 Å². The lowest BCUT2D eigenvalue weighted by Gasteiger charge is -2.18. The summed E-state index contributed by atoms with van der Waals surface area (Å²) >= 11 is 6.13. The van der Waals surface area contributed by atoms with E-state index in [9.17, 15) is 0 Å². The SMILES string of the molecule is Cc1c(Cl)nc(C(C)(C)C)nc1OCc1ccco1. The molecule has 0 saturated carbocycles. The predicted octanol–water partition coefficient (Wildman–Crippen LogP) is 3.91. The van der Waals surface area contributed by atoms with E-state index in [0.29, 0.717) is 23.5 Å². The smallest absolute Gasteiger partial charge is 0.221 e. The van der Waals surface area contributed by atoms with E-state index in [-0.39, 0.29) is 5.41 Å². The number of halogens is 1. The standard InChI is InChI=1S/C14H17ClN2O2/c1-9-11(15)16-13(14(2,3)4)17-12(9)19-8-10-6-5-7-18-10/h5-7H,8H2,1-4H3. The molecule has 2 heterocycles. The molecule has 2 aromatic rings. The summed E-state index contributed by atoms with van der Waals surface area (Å²) in [7, 11) is 0. The second-order valence-corrected chi connectivity index (χ2v) is 5.74. The number of hydrogen-bond donors (Lipinski definition) is 0. The van der Waals surface area contributed by atoms with Crippen LogP contribution in [0.15, 0.2) is 22.8 Å². The van der Waals surface area contributed by atoms with Gasteiger partial charge in [0, 0.05) is 11.0 Å². The molecular weight excluding hydrogens is 264 g/mol. The van der Waals surface area contributed by atoms with E-state index in [0.717, 1.165) is 11.3 Å². The molecule has 0 atom stereocenters. The fraction of sp³-hybridized carbons (Fsp3) is 0.429. The van der Waals surface area contributed by atoms with Crippen LogP contribution in [-0.2, 0) is 12.0 Å². The van der Waals surface area contributed by atoms with Crippen LogP contribution in [0.2, 0.25) is 5.15 Å². The molecule has 0 saturated heterocycles. The van der Waals surface area contributed by atoms with Crippen LogP contribution in [-0.4, -0.2) is 9.97 Å². The van der Waals surface area contributed by atoms with Crippen LogP contribution in [0.1, 0.15) is 37.9 Å². The fourth-order valence-electron chi connectivity index (χ4n) is 1.48. The molecule has 0 fully saturated rings. The van der Waals surface area contributed by atoms with E-state index >= 15 is 0 Å². The molecule has 2 rings (SSSR count). The maximum absolute atomic E-state index is 6.13. The summed E-state index contributed by atoms with van der Waals surface area (Å²) in [6.07, 6.45) is 1.61. The lowest BCUT2D eigenvalue weighted by molar-refractivity contribution is 0.256. The van der Waals surface area contributed by atoms with Crippen LogP contribution in [0.3, 0.4) is 0 Å². The van der Waals surface area contributed by atoms with Crippen LogP contribution in [0.25, 0.3) is 0 Å². The Labute approximate surface area is 117 Å². The van der Waals surface area contributed by atoms with Crippen LogP contribution in [0.5, 0.6) is 5.88 Å². The highest BCUT2D eigenvalue weighted by molar-refractivity contribution is 6.30. The second-order valence-electron chi connectivity index (χ2n) is 5.39. The summed E-state index contributed by atoms with van der Waals surface area (Å²) in [6, 6.07) is 3.67. The van der Waals surface area contributed by atoms with Gasteiger partial charge >= 0.3 is 0 Å². The van der Waals surface area contributed by atoms with Gasteiger partial charge in [0.1, 0.15) is 23.3 Å². The average molecular weight is 281 g/mol. The van der Waals surface area contributed by atoms with Gasteiger partial charge in [-0.2, -0.15) is 4.98 Å². The third kappa shape index (κ3) is 3.26. The molecule has 0 unspecified atom stereocenters. The second kappa shape index (κ2) is 5.21. The Morgan fingerprint density at radius 3 is 2.63 bits per heavy atom. The fourth-order valence-corrected chi connectivity index (χ4v) is 1.64.